The van der Waals surface area contributed by atoms with Gasteiger partial charge in [-0.25, -0.2) is 4.39 Å². The van der Waals surface area contributed by atoms with Crippen molar-refractivity contribution < 1.29 is 4.39 Å². The van der Waals surface area contributed by atoms with E-state index in [2.05, 4.69) is 26.2 Å². The van der Waals surface area contributed by atoms with Gasteiger partial charge in [0.15, 0.2) is 0 Å². The van der Waals surface area contributed by atoms with E-state index in [9.17, 15) is 4.39 Å². The molecule has 0 aliphatic rings. The number of fused-ring (bicyclic) bond motifs is 1. The molecule has 0 saturated carbocycles. The van der Waals surface area contributed by atoms with Gasteiger partial charge in [0.1, 0.15) is 5.82 Å². The van der Waals surface area contributed by atoms with Crippen molar-refractivity contribution in [3.63, 3.8) is 0 Å². The highest BCUT2D eigenvalue weighted by Gasteiger charge is 2.07. The fourth-order valence-corrected chi connectivity index (χ4v) is 2.41. The first-order valence-electron chi connectivity index (χ1n) is 6.18. The van der Waals surface area contributed by atoms with Crippen molar-refractivity contribution in [2.75, 3.05) is 5.32 Å². The van der Waals surface area contributed by atoms with Gasteiger partial charge in [-0.3, -0.25) is 4.98 Å². The van der Waals surface area contributed by atoms with E-state index in [0.717, 1.165) is 15.4 Å². The van der Waals surface area contributed by atoms with E-state index < -0.39 is 5.82 Å². The number of nitrogens with one attached hydrogen (secondary N) is 1. The normalized spacial score (nSPS) is 10.3. The molecule has 0 atom stereocenters. The second-order valence-corrected chi connectivity index (χ2v) is 5.38. The number of aromatic nitrogens is 1. The van der Waals surface area contributed by atoms with Crippen LogP contribution in [-0.2, 0) is 0 Å². The van der Waals surface area contributed by atoms with E-state index >= 15 is 0 Å². The zero-order valence-corrected chi connectivity index (χ0v) is 12.4. The number of para-hydroxylation sites is 1. The number of anilines is 2. The molecule has 0 aliphatic carbocycles. The van der Waals surface area contributed by atoms with Crippen LogP contribution in [0.15, 0.2) is 53.1 Å². The van der Waals surface area contributed by atoms with Gasteiger partial charge in [-0.2, -0.15) is 5.26 Å². The number of hydrogen-bond donors (Lipinski definition) is 1. The van der Waals surface area contributed by atoms with E-state index in [0.29, 0.717) is 11.4 Å². The standard InChI is InChI=1S/C16H9BrFN3/c17-12-7-11-2-1-3-15(16(11)20-9-12)21-14-5-4-10(8-19)6-13(14)18/h1-7,9,21H. The predicted molar refractivity (Wildman–Crippen MR) is 83.8 cm³/mol. The molecule has 0 fully saturated rings. The summed E-state index contributed by atoms with van der Waals surface area (Å²) in [5, 5.41) is 12.7. The third-order valence-corrected chi connectivity index (χ3v) is 3.48. The quantitative estimate of drug-likeness (QED) is 0.731. The minimum absolute atomic E-state index is 0.290. The Balaban J connectivity index is 2.04. The minimum atomic E-state index is -0.469. The summed E-state index contributed by atoms with van der Waals surface area (Å²) in [5.74, 6) is -0.469. The molecule has 102 valence electrons. The molecule has 0 unspecified atom stereocenters. The minimum Gasteiger partial charge on any atom is -0.351 e. The van der Waals surface area contributed by atoms with E-state index in [1.807, 2.05) is 30.3 Å². The highest BCUT2D eigenvalue weighted by atomic mass is 79.9. The van der Waals surface area contributed by atoms with Gasteiger partial charge in [-0.1, -0.05) is 12.1 Å². The zero-order chi connectivity index (χ0) is 14.8. The Morgan fingerprint density at radius 2 is 2.00 bits per heavy atom. The first-order valence-corrected chi connectivity index (χ1v) is 6.97. The van der Waals surface area contributed by atoms with Crippen LogP contribution < -0.4 is 5.32 Å². The lowest BCUT2D eigenvalue weighted by molar-refractivity contribution is 0.631. The Bertz CT molecular complexity index is 871. The molecule has 0 aliphatic heterocycles. The van der Waals surface area contributed by atoms with E-state index in [1.165, 1.54) is 6.07 Å². The maximum absolute atomic E-state index is 13.9. The molecule has 3 aromatic rings. The molecule has 5 heteroatoms. The summed E-state index contributed by atoms with van der Waals surface area (Å²) in [5.41, 5.74) is 2.07. The highest BCUT2D eigenvalue weighted by Crippen LogP contribution is 2.28. The van der Waals surface area contributed by atoms with Gasteiger partial charge in [0.2, 0.25) is 0 Å². The third-order valence-electron chi connectivity index (χ3n) is 3.05. The summed E-state index contributed by atoms with van der Waals surface area (Å²) < 4.78 is 14.8. The average Bonchev–Trinajstić information content (AvgIpc) is 2.49. The topological polar surface area (TPSA) is 48.7 Å². The van der Waals surface area contributed by atoms with Crippen LogP contribution in [0.4, 0.5) is 15.8 Å². The van der Waals surface area contributed by atoms with Crippen LogP contribution in [0.5, 0.6) is 0 Å². The molecule has 0 saturated heterocycles. The lowest BCUT2D eigenvalue weighted by atomic mass is 10.1. The van der Waals surface area contributed by atoms with E-state index in [4.69, 9.17) is 5.26 Å². The zero-order valence-electron chi connectivity index (χ0n) is 10.8. The van der Waals surface area contributed by atoms with Crippen molar-refractivity contribution >= 4 is 38.2 Å². The van der Waals surface area contributed by atoms with Crippen LogP contribution in [-0.4, -0.2) is 4.98 Å². The maximum Gasteiger partial charge on any atom is 0.147 e. The highest BCUT2D eigenvalue weighted by molar-refractivity contribution is 9.10. The van der Waals surface area contributed by atoms with Crippen LogP contribution in [0, 0.1) is 17.1 Å². The molecule has 0 bridgehead atoms. The SMILES string of the molecule is N#Cc1ccc(Nc2cccc3cc(Br)cnc23)c(F)c1. The molecule has 21 heavy (non-hydrogen) atoms. The fourth-order valence-electron chi connectivity index (χ4n) is 2.07. The summed E-state index contributed by atoms with van der Waals surface area (Å²) in [4.78, 5) is 4.36. The first-order chi connectivity index (χ1) is 10.2. The van der Waals surface area contributed by atoms with Crippen molar-refractivity contribution in [1.29, 1.82) is 5.26 Å². The van der Waals surface area contributed by atoms with Crippen LogP contribution in [0.1, 0.15) is 5.56 Å². The third kappa shape index (κ3) is 2.71. The number of nitrogens with zero attached hydrogens (tertiary/aromatic N) is 2. The molecular formula is C16H9BrFN3. The van der Waals surface area contributed by atoms with Gasteiger partial charge in [0, 0.05) is 16.1 Å². The van der Waals surface area contributed by atoms with Crippen molar-refractivity contribution in [2.45, 2.75) is 0 Å². The van der Waals surface area contributed by atoms with E-state index in [1.54, 1.807) is 18.3 Å². The smallest absolute Gasteiger partial charge is 0.147 e. The van der Waals surface area contributed by atoms with Crippen LogP contribution >= 0.6 is 15.9 Å². The monoisotopic (exact) mass is 341 g/mol. The lowest BCUT2D eigenvalue weighted by Gasteiger charge is -2.10. The Kier molecular flexibility index (Phi) is 3.55. The van der Waals surface area contributed by atoms with E-state index in [-0.39, 0.29) is 5.56 Å². The molecule has 3 nitrogen and oxygen atoms in total. The number of benzene rings is 2. The molecular weight excluding hydrogens is 333 g/mol. The predicted octanol–water partition coefficient (Wildman–Crippen LogP) is 4.75. The molecule has 0 radical (unpaired) electrons. The van der Waals surface area contributed by atoms with Crippen LogP contribution in [0.25, 0.3) is 10.9 Å². The number of nitriles is 1. The van der Waals surface area contributed by atoms with Gasteiger partial charge in [0.05, 0.1) is 28.5 Å². The second-order valence-electron chi connectivity index (χ2n) is 4.46. The van der Waals surface area contributed by atoms with Crippen LogP contribution in [0.3, 0.4) is 0 Å². The van der Waals surface area contributed by atoms with Gasteiger partial charge in [0.25, 0.3) is 0 Å². The Morgan fingerprint density at radius 3 is 2.76 bits per heavy atom. The number of halogens is 2. The summed E-state index contributed by atoms with van der Waals surface area (Å²) in [6, 6.07) is 13.8. The average molecular weight is 342 g/mol. The van der Waals surface area contributed by atoms with Crippen molar-refractivity contribution in [2.24, 2.45) is 0 Å². The summed E-state index contributed by atoms with van der Waals surface area (Å²) in [6.07, 6.45) is 1.70. The van der Waals surface area contributed by atoms with Crippen molar-refractivity contribution in [1.82, 2.24) is 4.98 Å². The molecule has 0 amide bonds. The van der Waals surface area contributed by atoms with Crippen molar-refractivity contribution in [3.05, 3.63) is 64.5 Å². The van der Waals surface area contributed by atoms with Gasteiger partial charge < -0.3 is 5.32 Å². The first kappa shape index (κ1) is 13.5. The molecule has 1 aromatic heterocycles. The van der Waals surface area contributed by atoms with Gasteiger partial charge in [-0.15, -0.1) is 0 Å². The number of pyridine rings is 1. The summed E-state index contributed by atoms with van der Waals surface area (Å²) >= 11 is 3.38. The fraction of sp³-hybridized carbons (Fsp3) is 0. The number of hydrogen-bond acceptors (Lipinski definition) is 3. The second kappa shape index (κ2) is 5.51. The maximum atomic E-state index is 13.9. The Morgan fingerprint density at radius 1 is 1.14 bits per heavy atom. The molecule has 1 heterocycles. The largest absolute Gasteiger partial charge is 0.351 e. The van der Waals surface area contributed by atoms with Crippen LogP contribution in [0.2, 0.25) is 0 Å². The van der Waals surface area contributed by atoms with Gasteiger partial charge in [-0.05, 0) is 46.3 Å². The molecule has 1 N–H and O–H groups in total. The Labute approximate surface area is 129 Å². The van der Waals surface area contributed by atoms with Crippen molar-refractivity contribution in [3.8, 4) is 6.07 Å². The number of rotatable bonds is 2. The summed E-state index contributed by atoms with van der Waals surface area (Å²) in [7, 11) is 0. The Hall–Kier alpha value is -2.45. The van der Waals surface area contributed by atoms with Gasteiger partial charge >= 0.3 is 0 Å². The molecule has 3 rings (SSSR count). The molecule has 2 aromatic carbocycles. The summed E-state index contributed by atoms with van der Waals surface area (Å²) in [6.45, 7) is 0. The molecule has 0 spiro atoms. The lowest BCUT2D eigenvalue weighted by Crippen LogP contribution is -1.96.